The summed E-state index contributed by atoms with van der Waals surface area (Å²) in [5, 5.41) is 9.67. The average Bonchev–Trinajstić information content (AvgIpc) is 2.23. The smallest absolute Gasteiger partial charge is 0.118 e. The van der Waals surface area contributed by atoms with E-state index in [1.165, 1.54) is 5.56 Å². The predicted molar refractivity (Wildman–Crippen MR) is 68.7 cm³/mol. The Balaban J connectivity index is 2.39. The van der Waals surface area contributed by atoms with Crippen LogP contribution < -0.4 is 5.73 Å². The molecule has 0 amide bonds. The molecule has 0 radical (unpaired) electrons. The maximum atomic E-state index is 9.67. The quantitative estimate of drug-likeness (QED) is 0.775. The molecule has 0 bridgehead atoms. The van der Waals surface area contributed by atoms with Gasteiger partial charge in [-0.2, -0.15) is 0 Å². The summed E-state index contributed by atoms with van der Waals surface area (Å²) in [5.41, 5.74) is 8.20. The van der Waals surface area contributed by atoms with Crippen LogP contribution in [-0.4, -0.2) is 11.1 Å². The van der Waals surface area contributed by atoms with Crippen LogP contribution in [0.4, 0.5) is 0 Å². The van der Waals surface area contributed by atoms with E-state index in [-0.39, 0.29) is 0 Å². The summed E-state index contributed by atoms with van der Waals surface area (Å²) in [6.07, 6.45) is 5.26. The van der Waals surface area contributed by atoms with E-state index in [1.807, 2.05) is 13.0 Å². The zero-order chi connectivity index (χ0) is 12.0. The molecule has 2 heteroatoms. The van der Waals surface area contributed by atoms with E-state index in [0.717, 1.165) is 37.7 Å². The summed E-state index contributed by atoms with van der Waals surface area (Å²) >= 11 is 0. The van der Waals surface area contributed by atoms with Crippen molar-refractivity contribution in [1.29, 1.82) is 0 Å². The molecule has 0 fully saturated rings. The molecular formula is C14H23NO. The van der Waals surface area contributed by atoms with Crippen molar-refractivity contribution in [1.82, 2.24) is 0 Å². The maximum absolute atomic E-state index is 9.67. The van der Waals surface area contributed by atoms with Gasteiger partial charge in [0.1, 0.15) is 5.75 Å². The highest BCUT2D eigenvalue weighted by atomic mass is 16.3. The van der Waals surface area contributed by atoms with Crippen LogP contribution in [0.1, 0.15) is 43.7 Å². The van der Waals surface area contributed by atoms with Gasteiger partial charge in [-0.05, 0) is 44.2 Å². The number of hydrogen-bond donors (Lipinski definition) is 2. The molecule has 1 atom stereocenters. The second-order valence-corrected chi connectivity index (χ2v) is 4.57. The average molecular weight is 221 g/mol. The predicted octanol–water partition coefficient (Wildman–Crippen LogP) is 3.15. The van der Waals surface area contributed by atoms with Crippen molar-refractivity contribution in [2.75, 3.05) is 0 Å². The summed E-state index contributed by atoms with van der Waals surface area (Å²) in [7, 11) is 0. The normalized spacial score (nSPS) is 12.7. The number of aromatic hydroxyl groups is 1. The lowest BCUT2D eigenvalue weighted by Gasteiger charge is -2.10. The number of aryl methyl sites for hydroxylation is 2. The molecule has 0 aliphatic rings. The van der Waals surface area contributed by atoms with Crippen molar-refractivity contribution < 1.29 is 5.11 Å². The molecule has 0 aliphatic carbocycles. The summed E-state index contributed by atoms with van der Waals surface area (Å²) in [6, 6.07) is 6.08. The van der Waals surface area contributed by atoms with E-state index in [2.05, 4.69) is 13.0 Å². The van der Waals surface area contributed by atoms with E-state index in [1.54, 1.807) is 6.07 Å². The Morgan fingerprint density at radius 2 is 2.06 bits per heavy atom. The SMILES string of the molecule is CCCC(N)CCCc1cc(C)ccc1O. The van der Waals surface area contributed by atoms with Gasteiger partial charge in [0.25, 0.3) is 0 Å². The first-order chi connectivity index (χ1) is 7.63. The van der Waals surface area contributed by atoms with Crippen molar-refractivity contribution in [3.05, 3.63) is 29.3 Å². The molecule has 2 nitrogen and oxygen atoms in total. The Kier molecular flexibility index (Phi) is 5.33. The van der Waals surface area contributed by atoms with Gasteiger partial charge in [-0.3, -0.25) is 0 Å². The minimum absolute atomic E-state index is 0.317. The monoisotopic (exact) mass is 221 g/mol. The fraction of sp³-hybridized carbons (Fsp3) is 0.571. The second kappa shape index (κ2) is 6.54. The summed E-state index contributed by atoms with van der Waals surface area (Å²) in [5.74, 6) is 0.412. The molecular weight excluding hydrogens is 198 g/mol. The van der Waals surface area contributed by atoms with Crippen LogP contribution in [0.3, 0.4) is 0 Å². The number of phenols is 1. The minimum atomic E-state index is 0.317. The van der Waals surface area contributed by atoms with Crippen LogP contribution in [0, 0.1) is 6.92 Å². The van der Waals surface area contributed by atoms with Crippen LogP contribution in [0.5, 0.6) is 5.75 Å². The number of rotatable bonds is 6. The molecule has 0 spiro atoms. The van der Waals surface area contributed by atoms with Crippen LogP contribution in [0.2, 0.25) is 0 Å². The van der Waals surface area contributed by atoms with Gasteiger partial charge in [-0.1, -0.05) is 31.0 Å². The van der Waals surface area contributed by atoms with Gasteiger partial charge in [0.15, 0.2) is 0 Å². The van der Waals surface area contributed by atoms with Crippen molar-refractivity contribution in [3.63, 3.8) is 0 Å². The van der Waals surface area contributed by atoms with Gasteiger partial charge in [-0.25, -0.2) is 0 Å². The highest BCUT2D eigenvalue weighted by Crippen LogP contribution is 2.20. The molecule has 0 aromatic heterocycles. The number of hydrogen-bond acceptors (Lipinski definition) is 2. The van der Waals surface area contributed by atoms with Crippen LogP contribution in [0.25, 0.3) is 0 Å². The topological polar surface area (TPSA) is 46.2 Å². The fourth-order valence-corrected chi connectivity index (χ4v) is 1.98. The Bertz CT molecular complexity index is 323. The lowest BCUT2D eigenvalue weighted by Crippen LogP contribution is -2.19. The molecule has 90 valence electrons. The number of nitrogens with two attached hydrogens (primary N) is 1. The standard InChI is InChI=1S/C14H23NO/c1-3-5-13(15)7-4-6-12-10-11(2)8-9-14(12)16/h8-10,13,16H,3-7,15H2,1-2H3. The zero-order valence-corrected chi connectivity index (χ0v) is 10.4. The van der Waals surface area contributed by atoms with E-state index in [0.29, 0.717) is 11.8 Å². The first-order valence-corrected chi connectivity index (χ1v) is 6.17. The fourth-order valence-electron chi connectivity index (χ4n) is 1.98. The highest BCUT2D eigenvalue weighted by molar-refractivity contribution is 5.35. The van der Waals surface area contributed by atoms with E-state index < -0.39 is 0 Å². The van der Waals surface area contributed by atoms with Gasteiger partial charge in [0, 0.05) is 6.04 Å². The van der Waals surface area contributed by atoms with Crippen LogP contribution >= 0.6 is 0 Å². The molecule has 0 heterocycles. The third-order valence-corrected chi connectivity index (χ3v) is 2.92. The Hall–Kier alpha value is -1.02. The van der Waals surface area contributed by atoms with Crippen molar-refractivity contribution in [3.8, 4) is 5.75 Å². The second-order valence-electron chi connectivity index (χ2n) is 4.57. The zero-order valence-electron chi connectivity index (χ0n) is 10.4. The lowest BCUT2D eigenvalue weighted by molar-refractivity contribution is 0.464. The molecule has 1 unspecified atom stereocenters. The van der Waals surface area contributed by atoms with E-state index >= 15 is 0 Å². The molecule has 0 aliphatic heterocycles. The molecule has 1 rings (SSSR count). The van der Waals surface area contributed by atoms with Gasteiger partial charge in [0.05, 0.1) is 0 Å². The molecule has 0 saturated heterocycles. The summed E-state index contributed by atoms with van der Waals surface area (Å²) in [6.45, 7) is 4.21. The Morgan fingerprint density at radius 3 is 2.75 bits per heavy atom. The number of phenolic OH excluding ortho intramolecular Hbond substituents is 1. The van der Waals surface area contributed by atoms with Gasteiger partial charge >= 0.3 is 0 Å². The lowest BCUT2D eigenvalue weighted by atomic mass is 10.0. The first-order valence-electron chi connectivity index (χ1n) is 6.17. The molecule has 1 aromatic rings. The third kappa shape index (κ3) is 4.23. The molecule has 16 heavy (non-hydrogen) atoms. The van der Waals surface area contributed by atoms with Gasteiger partial charge in [0.2, 0.25) is 0 Å². The molecule has 1 aromatic carbocycles. The summed E-state index contributed by atoms with van der Waals surface area (Å²) in [4.78, 5) is 0. The van der Waals surface area contributed by atoms with Gasteiger partial charge in [-0.15, -0.1) is 0 Å². The van der Waals surface area contributed by atoms with Crippen LogP contribution in [-0.2, 0) is 6.42 Å². The largest absolute Gasteiger partial charge is 0.508 e. The van der Waals surface area contributed by atoms with Crippen molar-refractivity contribution >= 4 is 0 Å². The molecule has 0 saturated carbocycles. The highest BCUT2D eigenvalue weighted by Gasteiger charge is 2.04. The summed E-state index contributed by atoms with van der Waals surface area (Å²) < 4.78 is 0. The van der Waals surface area contributed by atoms with Gasteiger partial charge < -0.3 is 10.8 Å². The van der Waals surface area contributed by atoms with Crippen molar-refractivity contribution in [2.24, 2.45) is 5.73 Å². The third-order valence-electron chi connectivity index (χ3n) is 2.92. The molecule has 3 N–H and O–H groups in total. The Labute approximate surface area is 98.5 Å². The minimum Gasteiger partial charge on any atom is -0.508 e. The van der Waals surface area contributed by atoms with E-state index in [4.69, 9.17) is 5.73 Å². The first kappa shape index (κ1) is 13.0. The maximum Gasteiger partial charge on any atom is 0.118 e. The number of benzene rings is 1. The van der Waals surface area contributed by atoms with E-state index in [9.17, 15) is 5.11 Å². The van der Waals surface area contributed by atoms with Crippen LogP contribution in [0.15, 0.2) is 18.2 Å². The Morgan fingerprint density at radius 1 is 1.31 bits per heavy atom. The van der Waals surface area contributed by atoms with Crippen molar-refractivity contribution in [2.45, 2.75) is 52.0 Å².